The van der Waals surface area contributed by atoms with E-state index >= 15 is 0 Å². The van der Waals surface area contributed by atoms with Gasteiger partial charge in [0.15, 0.2) is 0 Å². The standard InChI is InChI=1S/C13H21N3O2S/c1-11-9-13(15-19(14,17)18)7-8-16(11)10-12-5-3-2-4-6-12/h2-6,11,13,15H,7-10H2,1H3,(H2,14,17,18)/t11-,13+/m1/s1. The van der Waals surface area contributed by atoms with Gasteiger partial charge in [0.05, 0.1) is 0 Å². The first-order valence-corrected chi connectivity index (χ1v) is 8.07. The molecule has 106 valence electrons. The van der Waals surface area contributed by atoms with Gasteiger partial charge in [-0.05, 0) is 25.3 Å². The van der Waals surface area contributed by atoms with Crippen LogP contribution in [-0.2, 0) is 16.8 Å². The Bertz CT molecular complexity index is 504. The van der Waals surface area contributed by atoms with E-state index in [2.05, 4.69) is 28.7 Å². The second kappa shape index (κ2) is 6.00. The molecule has 1 aromatic carbocycles. The van der Waals surface area contributed by atoms with E-state index in [1.54, 1.807) is 0 Å². The predicted molar refractivity (Wildman–Crippen MR) is 75.6 cm³/mol. The SMILES string of the molecule is C[C@@H]1C[C@@H](NS(N)(=O)=O)CCN1Cc1ccccc1. The van der Waals surface area contributed by atoms with Crippen molar-refractivity contribution in [3.05, 3.63) is 35.9 Å². The van der Waals surface area contributed by atoms with E-state index < -0.39 is 10.2 Å². The van der Waals surface area contributed by atoms with Crippen molar-refractivity contribution >= 4 is 10.2 Å². The van der Waals surface area contributed by atoms with E-state index in [0.717, 1.165) is 25.9 Å². The van der Waals surface area contributed by atoms with Crippen LogP contribution in [0.2, 0.25) is 0 Å². The van der Waals surface area contributed by atoms with Crippen molar-refractivity contribution in [3.63, 3.8) is 0 Å². The lowest BCUT2D eigenvalue weighted by Gasteiger charge is -2.37. The number of rotatable bonds is 4. The summed E-state index contributed by atoms with van der Waals surface area (Å²) in [6, 6.07) is 10.6. The normalized spacial score (nSPS) is 25.4. The van der Waals surface area contributed by atoms with E-state index in [9.17, 15) is 8.42 Å². The summed E-state index contributed by atoms with van der Waals surface area (Å²) in [5, 5.41) is 5.02. The van der Waals surface area contributed by atoms with Crippen molar-refractivity contribution in [3.8, 4) is 0 Å². The fraction of sp³-hybridized carbons (Fsp3) is 0.538. The van der Waals surface area contributed by atoms with Gasteiger partial charge in [-0.15, -0.1) is 0 Å². The van der Waals surface area contributed by atoms with Crippen LogP contribution < -0.4 is 9.86 Å². The highest BCUT2D eigenvalue weighted by Gasteiger charge is 2.27. The number of hydrogen-bond donors (Lipinski definition) is 2. The van der Waals surface area contributed by atoms with Gasteiger partial charge in [-0.3, -0.25) is 4.90 Å². The number of piperidine rings is 1. The first-order valence-electron chi connectivity index (χ1n) is 6.52. The van der Waals surface area contributed by atoms with Crippen LogP contribution in [0.5, 0.6) is 0 Å². The van der Waals surface area contributed by atoms with Crippen LogP contribution in [0, 0.1) is 0 Å². The second-order valence-electron chi connectivity index (χ2n) is 5.19. The number of benzene rings is 1. The van der Waals surface area contributed by atoms with Crippen molar-refractivity contribution in [1.82, 2.24) is 9.62 Å². The highest BCUT2D eigenvalue weighted by atomic mass is 32.2. The van der Waals surface area contributed by atoms with E-state index in [1.807, 2.05) is 18.2 Å². The highest BCUT2D eigenvalue weighted by Crippen LogP contribution is 2.20. The fourth-order valence-corrected chi connectivity index (χ4v) is 3.29. The Morgan fingerprint density at radius 1 is 1.37 bits per heavy atom. The van der Waals surface area contributed by atoms with Crippen LogP contribution in [-0.4, -0.2) is 31.9 Å². The van der Waals surface area contributed by atoms with Crippen LogP contribution in [0.1, 0.15) is 25.3 Å². The lowest BCUT2D eigenvalue weighted by atomic mass is 9.98. The molecule has 19 heavy (non-hydrogen) atoms. The summed E-state index contributed by atoms with van der Waals surface area (Å²) in [7, 11) is -3.59. The molecule has 5 nitrogen and oxygen atoms in total. The Morgan fingerprint density at radius 2 is 2.05 bits per heavy atom. The summed E-state index contributed by atoms with van der Waals surface area (Å²) in [5.74, 6) is 0. The lowest BCUT2D eigenvalue weighted by molar-refractivity contribution is 0.135. The summed E-state index contributed by atoms with van der Waals surface area (Å²) in [4.78, 5) is 2.37. The maximum Gasteiger partial charge on any atom is 0.274 e. The number of nitrogens with one attached hydrogen (secondary N) is 1. The molecular formula is C13H21N3O2S. The van der Waals surface area contributed by atoms with Crippen molar-refractivity contribution < 1.29 is 8.42 Å². The number of nitrogens with zero attached hydrogens (tertiary/aromatic N) is 1. The minimum atomic E-state index is -3.59. The van der Waals surface area contributed by atoms with Gasteiger partial charge in [0.2, 0.25) is 0 Å². The Hall–Kier alpha value is -0.950. The molecule has 0 saturated carbocycles. The number of nitrogens with two attached hydrogens (primary N) is 1. The van der Waals surface area contributed by atoms with Crippen LogP contribution in [0.3, 0.4) is 0 Å². The van der Waals surface area contributed by atoms with E-state index in [4.69, 9.17) is 5.14 Å². The van der Waals surface area contributed by atoms with Gasteiger partial charge in [-0.2, -0.15) is 13.1 Å². The molecule has 6 heteroatoms. The maximum absolute atomic E-state index is 11.0. The zero-order chi connectivity index (χ0) is 13.9. The van der Waals surface area contributed by atoms with Crippen LogP contribution in [0.15, 0.2) is 30.3 Å². The molecule has 0 amide bonds. The largest absolute Gasteiger partial charge is 0.296 e. The summed E-state index contributed by atoms with van der Waals surface area (Å²) in [6.45, 7) is 3.91. The molecule has 1 aromatic rings. The fourth-order valence-electron chi connectivity index (χ4n) is 2.61. The molecule has 2 rings (SSSR count). The van der Waals surface area contributed by atoms with E-state index in [-0.39, 0.29) is 6.04 Å². The first-order chi connectivity index (χ1) is 8.94. The molecular weight excluding hydrogens is 262 g/mol. The zero-order valence-corrected chi connectivity index (χ0v) is 11.9. The third-order valence-corrected chi connectivity index (χ3v) is 4.24. The molecule has 0 aromatic heterocycles. The zero-order valence-electron chi connectivity index (χ0n) is 11.1. The Kier molecular flexibility index (Phi) is 4.57. The minimum Gasteiger partial charge on any atom is -0.296 e. The van der Waals surface area contributed by atoms with Crippen molar-refractivity contribution in [1.29, 1.82) is 0 Å². The van der Waals surface area contributed by atoms with Gasteiger partial charge in [0, 0.05) is 25.2 Å². The lowest BCUT2D eigenvalue weighted by Crippen LogP contribution is -2.49. The molecule has 3 N–H and O–H groups in total. The number of hydrogen-bond acceptors (Lipinski definition) is 3. The third kappa shape index (κ3) is 4.58. The van der Waals surface area contributed by atoms with E-state index in [1.165, 1.54) is 5.56 Å². The quantitative estimate of drug-likeness (QED) is 0.859. The summed E-state index contributed by atoms with van der Waals surface area (Å²) >= 11 is 0. The smallest absolute Gasteiger partial charge is 0.274 e. The van der Waals surface area contributed by atoms with Gasteiger partial charge in [-0.25, -0.2) is 5.14 Å². The number of likely N-dealkylation sites (tertiary alicyclic amines) is 1. The molecule has 1 heterocycles. The second-order valence-corrected chi connectivity index (χ2v) is 6.51. The molecule has 0 aliphatic carbocycles. The molecule has 1 saturated heterocycles. The summed E-state index contributed by atoms with van der Waals surface area (Å²) < 4.78 is 24.6. The molecule has 0 bridgehead atoms. The highest BCUT2D eigenvalue weighted by molar-refractivity contribution is 7.87. The van der Waals surface area contributed by atoms with Gasteiger partial charge in [0.1, 0.15) is 0 Å². The van der Waals surface area contributed by atoms with Gasteiger partial charge >= 0.3 is 0 Å². The molecule has 2 atom stereocenters. The van der Waals surface area contributed by atoms with Crippen molar-refractivity contribution in [2.75, 3.05) is 6.54 Å². The summed E-state index contributed by atoms with van der Waals surface area (Å²) in [6.07, 6.45) is 1.59. The molecule has 1 aliphatic rings. The Balaban J connectivity index is 1.90. The summed E-state index contributed by atoms with van der Waals surface area (Å²) in [5.41, 5.74) is 1.28. The van der Waals surface area contributed by atoms with Crippen molar-refractivity contribution in [2.45, 2.75) is 38.4 Å². The average Bonchev–Trinajstić information content (AvgIpc) is 2.32. The Morgan fingerprint density at radius 3 is 2.63 bits per heavy atom. The maximum atomic E-state index is 11.0. The minimum absolute atomic E-state index is 0.0444. The molecule has 0 spiro atoms. The average molecular weight is 283 g/mol. The van der Waals surface area contributed by atoms with Crippen LogP contribution >= 0.6 is 0 Å². The van der Waals surface area contributed by atoms with Crippen molar-refractivity contribution in [2.24, 2.45) is 5.14 Å². The predicted octanol–water partition coefficient (Wildman–Crippen LogP) is 0.833. The first kappa shape index (κ1) is 14.5. The van der Waals surface area contributed by atoms with Gasteiger partial charge in [0.25, 0.3) is 10.2 Å². The van der Waals surface area contributed by atoms with Crippen LogP contribution in [0.4, 0.5) is 0 Å². The third-order valence-electron chi connectivity index (χ3n) is 3.57. The monoisotopic (exact) mass is 283 g/mol. The molecule has 1 aliphatic heterocycles. The van der Waals surface area contributed by atoms with Gasteiger partial charge < -0.3 is 0 Å². The van der Waals surface area contributed by atoms with E-state index in [0.29, 0.717) is 6.04 Å². The van der Waals surface area contributed by atoms with Gasteiger partial charge in [-0.1, -0.05) is 30.3 Å². The molecule has 0 unspecified atom stereocenters. The topological polar surface area (TPSA) is 75.4 Å². The molecule has 0 radical (unpaired) electrons. The Labute approximate surface area is 115 Å². The van der Waals surface area contributed by atoms with Crippen LogP contribution in [0.25, 0.3) is 0 Å². The molecule has 1 fully saturated rings.